The zero-order valence-corrected chi connectivity index (χ0v) is 40.1. The van der Waals surface area contributed by atoms with Gasteiger partial charge in [0.25, 0.3) is 0 Å². The minimum Gasteiger partial charge on any atom is -0.466 e. The lowest BCUT2D eigenvalue weighted by atomic mass is 9.93. The maximum Gasteiger partial charge on any atom is 0.306 e. The molecule has 1 aromatic heterocycles. The van der Waals surface area contributed by atoms with Gasteiger partial charge in [0, 0.05) is 25.6 Å². The van der Waals surface area contributed by atoms with Gasteiger partial charge >= 0.3 is 11.9 Å². The summed E-state index contributed by atoms with van der Waals surface area (Å²) in [5, 5.41) is 3.41. The molecule has 350 valence electrons. The molecule has 1 heterocycles. The number of esters is 2. The summed E-state index contributed by atoms with van der Waals surface area (Å²) < 4.78 is 11.7. The number of nitrogens with one attached hydrogen (secondary N) is 1. The van der Waals surface area contributed by atoms with E-state index in [9.17, 15) is 9.59 Å². The third-order valence-corrected chi connectivity index (χ3v) is 12.3. The highest BCUT2D eigenvalue weighted by Gasteiger charge is 2.15. The molecule has 8 heteroatoms. The Kier molecular flexibility index (Phi) is 38.9. The Morgan fingerprint density at radius 3 is 1.62 bits per heavy atom. The van der Waals surface area contributed by atoms with Crippen LogP contribution in [0.25, 0.3) is 0 Å². The lowest BCUT2D eigenvalue weighted by molar-refractivity contribution is -0.150. The van der Waals surface area contributed by atoms with E-state index in [0.29, 0.717) is 31.1 Å². The van der Waals surface area contributed by atoms with Gasteiger partial charge in [0.1, 0.15) is 11.9 Å². The van der Waals surface area contributed by atoms with Crippen LogP contribution in [0, 0.1) is 5.92 Å². The number of anilines is 2. The molecule has 0 atom stereocenters. The van der Waals surface area contributed by atoms with Crippen LogP contribution in [-0.4, -0.2) is 60.7 Å². The first-order valence-corrected chi connectivity index (χ1v) is 25.9. The number of hydrogen-bond acceptors (Lipinski definition) is 8. The Bertz CT molecular complexity index is 1080. The summed E-state index contributed by atoms with van der Waals surface area (Å²) in [6.07, 6.45) is 41.2. The van der Waals surface area contributed by atoms with Crippen LogP contribution in [0.5, 0.6) is 0 Å². The molecule has 0 aliphatic heterocycles. The lowest BCUT2D eigenvalue weighted by Crippen LogP contribution is -2.28. The number of pyridine rings is 1. The largest absolute Gasteiger partial charge is 0.466 e. The van der Waals surface area contributed by atoms with Crippen LogP contribution in [-0.2, 0) is 19.1 Å². The van der Waals surface area contributed by atoms with Gasteiger partial charge in [-0.3, -0.25) is 9.59 Å². The summed E-state index contributed by atoms with van der Waals surface area (Å²) in [7, 11) is 0. The Hall–Kier alpha value is -2.35. The van der Waals surface area contributed by atoms with Crippen molar-refractivity contribution in [1.29, 1.82) is 0 Å². The van der Waals surface area contributed by atoms with Crippen molar-refractivity contribution in [3.8, 4) is 0 Å². The van der Waals surface area contributed by atoms with Gasteiger partial charge in [0.05, 0.1) is 12.3 Å². The molecule has 0 aliphatic carbocycles. The van der Waals surface area contributed by atoms with Crippen LogP contribution in [0.4, 0.5) is 11.5 Å². The van der Waals surface area contributed by atoms with Crippen molar-refractivity contribution in [3.05, 3.63) is 18.3 Å². The number of nitrogen functional groups attached to an aromatic ring is 1. The molecule has 0 radical (unpaired) electrons. The molecule has 8 nitrogen and oxygen atoms in total. The topological polar surface area (TPSA) is 107 Å². The molecule has 0 unspecified atom stereocenters. The molecule has 1 aromatic rings. The summed E-state index contributed by atoms with van der Waals surface area (Å²) in [5.41, 5.74) is 6.78. The van der Waals surface area contributed by atoms with Crippen molar-refractivity contribution in [2.75, 3.05) is 43.8 Å². The van der Waals surface area contributed by atoms with Crippen molar-refractivity contribution in [1.82, 2.24) is 9.88 Å². The summed E-state index contributed by atoms with van der Waals surface area (Å²) in [6.45, 7) is 13.7. The minimum atomic E-state index is -0.0156. The van der Waals surface area contributed by atoms with Gasteiger partial charge in [0.15, 0.2) is 0 Å². The summed E-state index contributed by atoms with van der Waals surface area (Å²) in [4.78, 5) is 32.3. The van der Waals surface area contributed by atoms with Crippen molar-refractivity contribution in [2.24, 2.45) is 5.92 Å². The standard InChI is InChI=1S/C52H98N4O4/c1-5-9-13-15-19-25-35-48(36-26-20-16-14-10-6-2)60-51(58)39-28-22-18-24-30-44-56(45-32-42-55-52-49(53)37-31-41-54-52)43-29-23-17-21-27-38-50(57)59-46-40-47(33-11-7-3)34-12-8-4/h31,37,41,47-48H,5-30,32-36,38-40,42-46,53H2,1-4H3,(H,54,55). The number of hydrogen-bond donors (Lipinski definition) is 2. The maximum atomic E-state index is 12.9. The number of rotatable bonds is 45. The van der Waals surface area contributed by atoms with Crippen LogP contribution in [0.3, 0.4) is 0 Å². The molecule has 60 heavy (non-hydrogen) atoms. The van der Waals surface area contributed by atoms with Crippen LogP contribution in [0.2, 0.25) is 0 Å². The van der Waals surface area contributed by atoms with E-state index < -0.39 is 0 Å². The molecule has 3 N–H and O–H groups in total. The van der Waals surface area contributed by atoms with E-state index in [4.69, 9.17) is 15.2 Å². The van der Waals surface area contributed by atoms with E-state index in [1.807, 2.05) is 12.1 Å². The van der Waals surface area contributed by atoms with Gasteiger partial charge in [-0.05, 0) is 102 Å². The fourth-order valence-electron chi connectivity index (χ4n) is 8.32. The van der Waals surface area contributed by atoms with E-state index in [0.717, 1.165) is 83.4 Å². The Labute approximate surface area is 371 Å². The zero-order valence-electron chi connectivity index (χ0n) is 40.1. The minimum absolute atomic E-state index is 0.0156. The molecule has 1 rings (SSSR count). The van der Waals surface area contributed by atoms with Crippen molar-refractivity contribution in [3.63, 3.8) is 0 Å². The second-order valence-electron chi connectivity index (χ2n) is 18.0. The maximum absolute atomic E-state index is 12.9. The molecule has 0 aliphatic rings. The third-order valence-electron chi connectivity index (χ3n) is 12.3. The van der Waals surface area contributed by atoms with Crippen molar-refractivity contribution >= 4 is 23.4 Å². The van der Waals surface area contributed by atoms with E-state index in [-0.39, 0.29) is 18.0 Å². The van der Waals surface area contributed by atoms with Gasteiger partial charge in [-0.2, -0.15) is 0 Å². The van der Waals surface area contributed by atoms with Crippen LogP contribution < -0.4 is 11.1 Å². The monoisotopic (exact) mass is 843 g/mol. The lowest BCUT2D eigenvalue weighted by Gasteiger charge is -2.22. The van der Waals surface area contributed by atoms with E-state index in [2.05, 4.69) is 42.9 Å². The summed E-state index contributed by atoms with van der Waals surface area (Å²) >= 11 is 0. The van der Waals surface area contributed by atoms with Gasteiger partial charge in [0.2, 0.25) is 0 Å². The first-order valence-electron chi connectivity index (χ1n) is 25.9. The molecule has 0 fully saturated rings. The molecule has 0 spiro atoms. The molecule has 0 amide bonds. The zero-order chi connectivity index (χ0) is 43.6. The SMILES string of the molecule is CCCCCCCCC(CCCCCCCC)OC(=O)CCCCCCCN(CCCCCCCC(=O)OCCC(CCCC)CCCC)CCCNc1ncccc1N. The fourth-order valence-corrected chi connectivity index (χ4v) is 8.32. The summed E-state index contributed by atoms with van der Waals surface area (Å²) in [5.74, 6) is 1.48. The first kappa shape index (κ1) is 55.7. The first-order chi connectivity index (χ1) is 29.4. The number of unbranched alkanes of at least 4 members (excludes halogenated alkanes) is 20. The fraction of sp³-hybridized carbons (Fsp3) is 0.865. The van der Waals surface area contributed by atoms with E-state index in [1.54, 1.807) is 6.20 Å². The van der Waals surface area contributed by atoms with Gasteiger partial charge in [-0.1, -0.05) is 169 Å². The smallest absolute Gasteiger partial charge is 0.306 e. The average Bonchev–Trinajstić information content (AvgIpc) is 3.24. The Morgan fingerprint density at radius 2 is 1.07 bits per heavy atom. The highest BCUT2D eigenvalue weighted by atomic mass is 16.5. The normalized spacial score (nSPS) is 11.6. The van der Waals surface area contributed by atoms with Crippen molar-refractivity contribution in [2.45, 2.75) is 252 Å². The van der Waals surface area contributed by atoms with Gasteiger partial charge in [-0.25, -0.2) is 4.98 Å². The molecule has 0 aromatic carbocycles. The Balaban J connectivity index is 2.37. The van der Waals surface area contributed by atoms with Crippen molar-refractivity contribution < 1.29 is 19.1 Å². The molecule has 0 saturated heterocycles. The predicted molar refractivity (Wildman–Crippen MR) is 258 cm³/mol. The van der Waals surface area contributed by atoms with Crippen LogP contribution >= 0.6 is 0 Å². The molecule has 0 saturated carbocycles. The second kappa shape index (κ2) is 42.0. The second-order valence-corrected chi connectivity index (χ2v) is 18.0. The highest BCUT2D eigenvalue weighted by molar-refractivity contribution is 5.69. The number of nitrogens with zero attached hydrogens (tertiary/aromatic N) is 2. The van der Waals surface area contributed by atoms with E-state index >= 15 is 0 Å². The van der Waals surface area contributed by atoms with Crippen LogP contribution in [0.1, 0.15) is 246 Å². The number of nitrogens with two attached hydrogens (primary N) is 1. The molecule has 0 bridgehead atoms. The molecular weight excluding hydrogens is 745 g/mol. The van der Waals surface area contributed by atoms with Gasteiger partial charge < -0.3 is 25.4 Å². The number of carbonyl (C=O) groups excluding carboxylic acids is 2. The van der Waals surface area contributed by atoms with Gasteiger partial charge in [-0.15, -0.1) is 0 Å². The predicted octanol–water partition coefficient (Wildman–Crippen LogP) is 14.8. The third kappa shape index (κ3) is 34.3. The van der Waals surface area contributed by atoms with Crippen LogP contribution in [0.15, 0.2) is 18.3 Å². The highest BCUT2D eigenvalue weighted by Crippen LogP contribution is 2.21. The number of carbonyl (C=O) groups is 2. The Morgan fingerprint density at radius 1 is 0.583 bits per heavy atom. The quantitative estimate of drug-likeness (QED) is 0.0494. The average molecular weight is 843 g/mol. The summed E-state index contributed by atoms with van der Waals surface area (Å²) in [6, 6.07) is 3.75. The van der Waals surface area contributed by atoms with E-state index in [1.165, 1.54) is 154 Å². The molecular formula is C52H98N4O4. The number of aromatic nitrogens is 1. The number of ether oxygens (including phenoxy) is 2.